The van der Waals surface area contributed by atoms with E-state index in [9.17, 15) is 9.59 Å². The maximum absolute atomic E-state index is 12.8. The van der Waals surface area contributed by atoms with Gasteiger partial charge in [-0.25, -0.2) is 0 Å². The molecule has 0 saturated heterocycles. The highest BCUT2D eigenvalue weighted by atomic mass is 16.2. The van der Waals surface area contributed by atoms with Gasteiger partial charge in [-0.2, -0.15) is 0 Å². The van der Waals surface area contributed by atoms with Gasteiger partial charge in [0.25, 0.3) is 0 Å². The van der Waals surface area contributed by atoms with Crippen LogP contribution < -0.4 is 5.32 Å². The summed E-state index contributed by atoms with van der Waals surface area (Å²) < 4.78 is 0. The second kappa shape index (κ2) is 6.60. The fourth-order valence-corrected chi connectivity index (χ4v) is 2.84. The Labute approximate surface area is 135 Å². The van der Waals surface area contributed by atoms with Crippen molar-refractivity contribution in [1.82, 2.24) is 9.88 Å². The zero-order valence-corrected chi connectivity index (χ0v) is 13.0. The number of anilines is 1. The van der Waals surface area contributed by atoms with E-state index >= 15 is 0 Å². The second-order valence-electron chi connectivity index (χ2n) is 5.72. The highest BCUT2D eigenvalue weighted by Crippen LogP contribution is 2.33. The van der Waals surface area contributed by atoms with E-state index in [1.807, 2.05) is 42.5 Å². The summed E-state index contributed by atoms with van der Waals surface area (Å²) in [5.41, 5.74) is 2.58. The molecule has 1 aliphatic heterocycles. The van der Waals surface area contributed by atoms with Gasteiger partial charge in [0.2, 0.25) is 11.8 Å². The molecule has 5 nitrogen and oxygen atoms in total. The summed E-state index contributed by atoms with van der Waals surface area (Å²) >= 11 is 0. The first-order valence-electron chi connectivity index (χ1n) is 7.69. The minimum atomic E-state index is -0.409. The van der Waals surface area contributed by atoms with Crippen LogP contribution in [0.1, 0.15) is 23.6 Å². The van der Waals surface area contributed by atoms with Gasteiger partial charge in [-0.1, -0.05) is 24.3 Å². The third kappa shape index (κ3) is 3.39. The number of amides is 2. The molecule has 0 aliphatic carbocycles. The Morgan fingerprint density at radius 2 is 2.04 bits per heavy atom. The summed E-state index contributed by atoms with van der Waals surface area (Å²) in [7, 11) is 1.78. The number of nitrogens with one attached hydrogen (secondary N) is 1. The van der Waals surface area contributed by atoms with Crippen LogP contribution in [0, 0.1) is 0 Å². The Morgan fingerprint density at radius 3 is 2.83 bits per heavy atom. The predicted molar refractivity (Wildman–Crippen MR) is 88.0 cm³/mol. The fraction of sp³-hybridized carbons (Fsp3) is 0.278. The lowest BCUT2D eigenvalue weighted by molar-refractivity contribution is -0.133. The zero-order chi connectivity index (χ0) is 16.2. The molecular weight excluding hydrogens is 290 g/mol. The molecule has 2 amide bonds. The van der Waals surface area contributed by atoms with Crippen LogP contribution in [0.5, 0.6) is 0 Å². The molecule has 0 fully saturated rings. The molecule has 1 aromatic carbocycles. The molecule has 0 saturated carbocycles. The number of benzene rings is 1. The number of hydrogen-bond acceptors (Lipinski definition) is 3. The van der Waals surface area contributed by atoms with Crippen molar-refractivity contribution in [2.75, 3.05) is 18.9 Å². The van der Waals surface area contributed by atoms with Crippen molar-refractivity contribution in [3.8, 4) is 0 Å². The van der Waals surface area contributed by atoms with E-state index in [2.05, 4.69) is 10.3 Å². The van der Waals surface area contributed by atoms with E-state index < -0.39 is 5.92 Å². The molecule has 1 aromatic heterocycles. The van der Waals surface area contributed by atoms with Gasteiger partial charge in [0.15, 0.2) is 0 Å². The van der Waals surface area contributed by atoms with Gasteiger partial charge < -0.3 is 10.2 Å². The Morgan fingerprint density at radius 1 is 1.26 bits per heavy atom. The monoisotopic (exact) mass is 309 g/mol. The first-order valence-corrected chi connectivity index (χ1v) is 7.69. The van der Waals surface area contributed by atoms with Gasteiger partial charge in [0.05, 0.1) is 5.92 Å². The number of para-hydroxylation sites is 1. The molecule has 0 bridgehead atoms. The largest absolute Gasteiger partial charge is 0.345 e. The lowest BCUT2D eigenvalue weighted by atomic mass is 9.89. The SMILES string of the molecule is CN(CCc1ccccn1)C(=O)C1CC(=O)Nc2ccccc21. The number of carbonyl (C=O) groups excluding carboxylic acids is 2. The van der Waals surface area contributed by atoms with E-state index in [1.165, 1.54) is 0 Å². The molecular formula is C18H19N3O2. The molecule has 0 spiro atoms. The van der Waals surface area contributed by atoms with Gasteiger partial charge >= 0.3 is 0 Å². The minimum absolute atomic E-state index is 0.0248. The van der Waals surface area contributed by atoms with Gasteiger partial charge in [-0.3, -0.25) is 14.6 Å². The van der Waals surface area contributed by atoms with Crippen molar-refractivity contribution < 1.29 is 9.59 Å². The average molecular weight is 309 g/mol. The average Bonchev–Trinajstić information content (AvgIpc) is 2.59. The molecule has 1 N–H and O–H groups in total. The number of fused-ring (bicyclic) bond motifs is 1. The number of aromatic nitrogens is 1. The van der Waals surface area contributed by atoms with Crippen LogP contribution in [-0.2, 0) is 16.0 Å². The molecule has 5 heteroatoms. The second-order valence-corrected chi connectivity index (χ2v) is 5.72. The molecule has 1 aliphatic rings. The summed E-state index contributed by atoms with van der Waals surface area (Å²) in [6.07, 6.45) is 2.65. The third-order valence-electron chi connectivity index (χ3n) is 4.10. The summed E-state index contributed by atoms with van der Waals surface area (Å²) in [6, 6.07) is 13.2. The number of pyridine rings is 1. The van der Waals surface area contributed by atoms with E-state index in [0.29, 0.717) is 13.0 Å². The topological polar surface area (TPSA) is 62.3 Å². The fourth-order valence-electron chi connectivity index (χ4n) is 2.84. The van der Waals surface area contributed by atoms with E-state index in [-0.39, 0.29) is 18.2 Å². The zero-order valence-electron chi connectivity index (χ0n) is 13.0. The van der Waals surface area contributed by atoms with Crippen molar-refractivity contribution in [1.29, 1.82) is 0 Å². The van der Waals surface area contributed by atoms with E-state index in [4.69, 9.17) is 0 Å². The standard InChI is InChI=1S/C18H19N3O2/c1-21(11-9-13-6-4-5-10-19-13)18(23)15-12-17(22)20-16-8-3-2-7-14(15)16/h2-8,10,15H,9,11-12H2,1H3,(H,20,22). The number of rotatable bonds is 4. The van der Waals surface area contributed by atoms with Crippen LogP contribution in [0.2, 0.25) is 0 Å². The smallest absolute Gasteiger partial charge is 0.230 e. The first-order chi connectivity index (χ1) is 11.1. The Balaban J connectivity index is 1.71. The molecule has 1 unspecified atom stereocenters. The Hall–Kier alpha value is -2.69. The maximum Gasteiger partial charge on any atom is 0.230 e. The lowest BCUT2D eigenvalue weighted by Gasteiger charge is -2.28. The Kier molecular flexibility index (Phi) is 4.37. The molecule has 2 heterocycles. The van der Waals surface area contributed by atoms with Gasteiger partial charge in [0.1, 0.15) is 0 Å². The lowest BCUT2D eigenvalue weighted by Crippen LogP contribution is -2.37. The van der Waals surface area contributed by atoms with Crippen molar-refractivity contribution in [3.63, 3.8) is 0 Å². The summed E-state index contributed by atoms with van der Waals surface area (Å²) in [5, 5.41) is 2.82. The van der Waals surface area contributed by atoms with Crippen LogP contribution in [0.15, 0.2) is 48.7 Å². The van der Waals surface area contributed by atoms with Gasteiger partial charge in [0, 0.05) is 44.0 Å². The van der Waals surface area contributed by atoms with Crippen molar-refractivity contribution >= 4 is 17.5 Å². The normalized spacial score (nSPS) is 16.4. The quantitative estimate of drug-likeness (QED) is 0.942. The molecule has 23 heavy (non-hydrogen) atoms. The molecule has 118 valence electrons. The minimum Gasteiger partial charge on any atom is -0.345 e. The van der Waals surface area contributed by atoms with E-state index in [0.717, 1.165) is 16.9 Å². The number of carbonyl (C=O) groups is 2. The maximum atomic E-state index is 12.8. The summed E-state index contributed by atoms with van der Waals surface area (Å²) in [5.74, 6) is -0.544. The van der Waals surface area contributed by atoms with Crippen molar-refractivity contribution in [3.05, 3.63) is 59.9 Å². The van der Waals surface area contributed by atoms with Crippen LogP contribution in [0.25, 0.3) is 0 Å². The number of likely N-dealkylation sites (N-methyl/N-ethyl adjacent to an activating group) is 1. The molecule has 2 aromatic rings. The highest BCUT2D eigenvalue weighted by molar-refractivity contribution is 6.01. The molecule has 3 rings (SSSR count). The van der Waals surface area contributed by atoms with Gasteiger partial charge in [-0.15, -0.1) is 0 Å². The van der Waals surface area contributed by atoms with Crippen LogP contribution in [0.4, 0.5) is 5.69 Å². The van der Waals surface area contributed by atoms with Crippen LogP contribution >= 0.6 is 0 Å². The molecule has 1 atom stereocenters. The van der Waals surface area contributed by atoms with Gasteiger partial charge in [-0.05, 0) is 23.8 Å². The van der Waals surface area contributed by atoms with Crippen molar-refractivity contribution in [2.24, 2.45) is 0 Å². The third-order valence-corrected chi connectivity index (χ3v) is 4.10. The summed E-state index contributed by atoms with van der Waals surface area (Å²) in [4.78, 5) is 30.6. The van der Waals surface area contributed by atoms with Crippen LogP contribution in [-0.4, -0.2) is 35.3 Å². The number of nitrogens with zero attached hydrogens (tertiary/aromatic N) is 2. The van der Waals surface area contributed by atoms with Crippen molar-refractivity contribution in [2.45, 2.75) is 18.8 Å². The highest BCUT2D eigenvalue weighted by Gasteiger charge is 2.32. The molecule has 0 radical (unpaired) electrons. The first kappa shape index (κ1) is 15.2. The summed E-state index contributed by atoms with van der Waals surface area (Å²) in [6.45, 7) is 0.579. The number of hydrogen-bond donors (Lipinski definition) is 1. The van der Waals surface area contributed by atoms with E-state index in [1.54, 1.807) is 18.1 Å². The predicted octanol–water partition coefficient (Wildman–Crippen LogP) is 2.21. The van der Waals surface area contributed by atoms with Crippen LogP contribution in [0.3, 0.4) is 0 Å². The Bertz CT molecular complexity index is 715.